The van der Waals surface area contributed by atoms with Gasteiger partial charge in [0.25, 0.3) is 11.8 Å². The van der Waals surface area contributed by atoms with E-state index in [0.717, 1.165) is 21.9 Å². The Morgan fingerprint density at radius 1 is 1.14 bits per heavy atom. The van der Waals surface area contributed by atoms with Gasteiger partial charge in [-0.15, -0.1) is 0 Å². The quantitative estimate of drug-likeness (QED) is 0.360. The number of hydrogen-bond donors (Lipinski definition) is 1. The van der Waals surface area contributed by atoms with E-state index < -0.39 is 66.2 Å². The fourth-order valence-electron chi connectivity index (χ4n) is 5.45. The van der Waals surface area contributed by atoms with Gasteiger partial charge in [-0.05, 0) is 60.9 Å². The van der Waals surface area contributed by atoms with Gasteiger partial charge in [-0.1, -0.05) is 17.7 Å². The molecule has 43 heavy (non-hydrogen) atoms. The maximum Gasteiger partial charge on any atom is 0.252 e. The fourth-order valence-corrected chi connectivity index (χ4v) is 5.68. The Morgan fingerprint density at radius 2 is 1.84 bits per heavy atom. The molecule has 1 saturated heterocycles. The molecule has 1 N–H and O–H groups in total. The number of nitrogens with zero attached hydrogens (tertiary/aromatic N) is 4. The van der Waals surface area contributed by atoms with Crippen LogP contribution < -0.4 is 15.1 Å². The number of hydrogen-bond acceptors (Lipinski definition) is 5. The summed E-state index contributed by atoms with van der Waals surface area (Å²) in [6, 6.07) is 7.64. The van der Waals surface area contributed by atoms with Gasteiger partial charge < -0.3 is 5.32 Å². The first-order chi connectivity index (χ1) is 20.4. The number of aryl methyl sites for hydroxylation is 1. The van der Waals surface area contributed by atoms with Crippen LogP contribution in [0.2, 0.25) is 5.02 Å². The van der Waals surface area contributed by atoms with Crippen molar-refractivity contribution < 1.29 is 31.9 Å². The average molecular weight is 614 g/mol. The number of aromatic nitrogens is 1. The lowest BCUT2D eigenvalue weighted by molar-refractivity contribution is -0.133. The average Bonchev–Trinajstić information content (AvgIpc) is 3.31. The Labute approximate surface area is 248 Å². The number of pyridine rings is 1. The van der Waals surface area contributed by atoms with E-state index in [9.17, 15) is 37.2 Å². The smallest absolute Gasteiger partial charge is 0.252 e. The summed E-state index contributed by atoms with van der Waals surface area (Å²) in [6.07, 6.45) is -0.0529. The highest BCUT2D eigenvalue weighted by atomic mass is 35.5. The van der Waals surface area contributed by atoms with E-state index in [1.54, 1.807) is 6.92 Å². The van der Waals surface area contributed by atoms with Crippen LogP contribution in [0.1, 0.15) is 48.4 Å². The Hall–Kier alpha value is -4.50. The molecular weight excluding hydrogens is 590 g/mol. The first-order valence-corrected chi connectivity index (χ1v) is 13.7. The second kappa shape index (κ2) is 11.6. The lowest BCUT2D eigenvalue weighted by Gasteiger charge is -2.39. The summed E-state index contributed by atoms with van der Waals surface area (Å²) in [5, 5.41) is 12.2. The van der Waals surface area contributed by atoms with Crippen molar-refractivity contribution in [3.05, 3.63) is 88.1 Å². The summed E-state index contributed by atoms with van der Waals surface area (Å²) in [4.78, 5) is 47.5. The fraction of sp³-hybridized carbons (Fsp3) is 0.300. The molecule has 0 bridgehead atoms. The zero-order valence-corrected chi connectivity index (χ0v) is 23.4. The Bertz CT molecular complexity index is 1630. The summed E-state index contributed by atoms with van der Waals surface area (Å²) >= 11 is 6.14. The van der Waals surface area contributed by atoms with Gasteiger partial charge in [0.05, 0.1) is 17.3 Å². The molecule has 1 aliphatic heterocycles. The molecule has 3 amide bonds. The minimum absolute atomic E-state index is 0.00523. The first kappa shape index (κ1) is 30.0. The molecule has 2 atom stereocenters. The third-order valence-electron chi connectivity index (χ3n) is 7.45. The van der Waals surface area contributed by atoms with Crippen molar-refractivity contribution in [2.75, 3.05) is 9.80 Å². The summed E-state index contributed by atoms with van der Waals surface area (Å²) < 4.78 is 56.4. The molecule has 2 fully saturated rings. The molecule has 3 aromatic rings. The number of anilines is 2. The van der Waals surface area contributed by atoms with Crippen LogP contribution in [-0.4, -0.2) is 40.7 Å². The lowest BCUT2D eigenvalue weighted by atomic mass is 9.87. The number of alkyl halides is 2. The van der Waals surface area contributed by atoms with Crippen molar-refractivity contribution in [3.63, 3.8) is 0 Å². The van der Waals surface area contributed by atoms with E-state index in [4.69, 9.17) is 11.6 Å². The van der Waals surface area contributed by atoms with Crippen molar-refractivity contribution >= 4 is 40.8 Å². The maximum absolute atomic E-state index is 14.6. The van der Waals surface area contributed by atoms with Gasteiger partial charge >= 0.3 is 0 Å². The standard InChI is InChI=1S/C30H24ClF4N5O3/c1-16-8-18(31)2-3-23(16)27(28(42)38-21-13-30(34,35)14-21)39(22-11-19(32)10-20(33)12-22)29(43)24-4-5-26(41)40(24)25-9-17(15-36)6-7-37-25/h2-3,6-12,21,24,27H,4-5,13-14H2,1H3,(H,38,42)/t24-,27-/m0/s1. The van der Waals surface area contributed by atoms with Gasteiger partial charge in [0.2, 0.25) is 11.8 Å². The minimum atomic E-state index is -2.96. The lowest BCUT2D eigenvalue weighted by Crippen LogP contribution is -2.56. The normalized spacial score (nSPS) is 18.5. The predicted molar refractivity (Wildman–Crippen MR) is 148 cm³/mol. The molecule has 13 heteroatoms. The van der Waals surface area contributed by atoms with E-state index in [1.807, 2.05) is 6.07 Å². The molecule has 0 unspecified atom stereocenters. The van der Waals surface area contributed by atoms with Crippen molar-refractivity contribution in [1.82, 2.24) is 10.3 Å². The van der Waals surface area contributed by atoms with Crippen LogP contribution in [0.25, 0.3) is 0 Å². The van der Waals surface area contributed by atoms with Gasteiger partial charge in [0.15, 0.2) is 0 Å². The van der Waals surface area contributed by atoms with Crippen LogP contribution in [0, 0.1) is 29.9 Å². The second-order valence-electron chi connectivity index (χ2n) is 10.5. The number of benzene rings is 2. The molecule has 1 aliphatic carbocycles. The van der Waals surface area contributed by atoms with Crippen LogP contribution in [0.15, 0.2) is 54.7 Å². The van der Waals surface area contributed by atoms with Gasteiger partial charge in [0, 0.05) is 42.6 Å². The van der Waals surface area contributed by atoms with Crippen molar-refractivity contribution in [2.45, 2.75) is 56.7 Å². The SMILES string of the molecule is Cc1cc(Cl)ccc1[C@@H](C(=O)NC1CC(F)(F)C1)N(C(=O)[C@@H]1CCC(=O)N1c1cc(C#N)ccn1)c1cc(F)cc(F)c1. The van der Waals surface area contributed by atoms with Gasteiger partial charge in [-0.3, -0.25) is 24.2 Å². The van der Waals surface area contributed by atoms with Crippen LogP contribution in [-0.2, 0) is 14.4 Å². The zero-order valence-electron chi connectivity index (χ0n) is 22.7. The van der Waals surface area contributed by atoms with Gasteiger partial charge in [-0.25, -0.2) is 22.5 Å². The maximum atomic E-state index is 14.6. The zero-order chi connectivity index (χ0) is 31.1. The molecule has 222 valence electrons. The molecule has 0 radical (unpaired) electrons. The summed E-state index contributed by atoms with van der Waals surface area (Å²) in [7, 11) is 0. The number of carbonyl (C=O) groups is 3. The number of carbonyl (C=O) groups excluding carboxylic acids is 3. The number of nitrogens with one attached hydrogen (secondary N) is 1. The van der Waals surface area contributed by atoms with E-state index >= 15 is 0 Å². The van der Waals surface area contributed by atoms with E-state index in [2.05, 4.69) is 10.3 Å². The van der Waals surface area contributed by atoms with Crippen molar-refractivity contribution in [3.8, 4) is 6.07 Å². The van der Waals surface area contributed by atoms with Gasteiger partial charge in [-0.2, -0.15) is 5.26 Å². The number of rotatable bonds is 7. The highest BCUT2D eigenvalue weighted by Crippen LogP contribution is 2.39. The first-order valence-electron chi connectivity index (χ1n) is 13.3. The molecule has 2 aliphatic rings. The van der Waals surface area contributed by atoms with E-state index in [1.165, 1.54) is 36.5 Å². The third-order valence-corrected chi connectivity index (χ3v) is 7.69. The Morgan fingerprint density at radius 3 is 2.47 bits per heavy atom. The predicted octanol–water partition coefficient (Wildman–Crippen LogP) is 5.38. The monoisotopic (exact) mass is 613 g/mol. The molecule has 0 spiro atoms. The summed E-state index contributed by atoms with van der Waals surface area (Å²) in [5.74, 6) is -7.28. The molecule has 8 nitrogen and oxygen atoms in total. The second-order valence-corrected chi connectivity index (χ2v) is 11.0. The Balaban J connectivity index is 1.64. The molecule has 1 saturated carbocycles. The molecule has 5 rings (SSSR count). The highest BCUT2D eigenvalue weighted by molar-refractivity contribution is 6.30. The minimum Gasteiger partial charge on any atom is -0.351 e. The summed E-state index contributed by atoms with van der Waals surface area (Å²) in [5.41, 5.74) is 0.482. The van der Waals surface area contributed by atoms with Crippen LogP contribution in [0.5, 0.6) is 0 Å². The van der Waals surface area contributed by atoms with Crippen LogP contribution in [0.3, 0.4) is 0 Å². The molecule has 2 aromatic carbocycles. The molecule has 2 heterocycles. The topological polar surface area (TPSA) is 106 Å². The van der Waals surface area contributed by atoms with Crippen LogP contribution in [0.4, 0.5) is 29.1 Å². The largest absolute Gasteiger partial charge is 0.351 e. The Kier molecular flexibility index (Phi) is 8.12. The van der Waals surface area contributed by atoms with Crippen LogP contribution >= 0.6 is 11.6 Å². The summed E-state index contributed by atoms with van der Waals surface area (Å²) in [6.45, 7) is 1.61. The number of halogens is 5. The van der Waals surface area contributed by atoms with E-state index in [0.29, 0.717) is 16.7 Å². The van der Waals surface area contributed by atoms with E-state index in [-0.39, 0.29) is 35.5 Å². The highest BCUT2D eigenvalue weighted by Gasteiger charge is 2.48. The third kappa shape index (κ3) is 6.17. The molecule has 1 aromatic heterocycles. The molecular formula is C30H24ClF4N5O3. The van der Waals surface area contributed by atoms with Gasteiger partial charge in [0.1, 0.15) is 29.5 Å². The number of amides is 3. The van der Waals surface area contributed by atoms with Crippen molar-refractivity contribution in [1.29, 1.82) is 5.26 Å². The van der Waals surface area contributed by atoms with Crippen molar-refractivity contribution in [2.24, 2.45) is 0 Å². The number of nitriles is 1.